The minimum absolute atomic E-state index is 0.177. The zero-order chi connectivity index (χ0) is 28.2. The monoisotopic (exact) mass is 562 g/mol. The standard InChI is InChI=1S/C29H26N2O8S/c1-35-23-11-18(12-24(36-2)28(23)37-3)29-31(26(33)16-40-29)30-25(32)15-38-19-9-10-20-21(17-7-5-4-6-8-17)14-27(34)39-22(20)13-19/h4-14,29H,15-16H2,1-3H3,(H,30,32). The van der Waals surface area contributed by atoms with E-state index in [0.717, 1.165) is 16.5 Å². The van der Waals surface area contributed by atoms with Crippen LogP contribution in [-0.4, -0.2) is 50.5 Å². The van der Waals surface area contributed by atoms with Crippen LogP contribution >= 0.6 is 11.8 Å². The number of amides is 2. The van der Waals surface area contributed by atoms with Crippen LogP contribution in [-0.2, 0) is 9.59 Å². The number of rotatable bonds is 9. The van der Waals surface area contributed by atoms with E-state index >= 15 is 0 Å². The van der Waals surface area contributed by atoms with Crippen LogP contribution in [0.15, 0.2) is 75.9 Å². The molecule has 1 unspecified atom stereocenters. The van der Waals surface area contributed by atoms with E-state index in [0.29, 0.717) is 34.1 Å². The maximum absolute atomic E-state index is 12.8. The van der Waals surface area contributed by atoms with Crippen molar-refractivity contribution in [2.75, 3.05) is 33.7 Å². The zero-order valence-corrected chi connectivity index (χ0v) is 22.8. The van der Waals surface area contributed by atoms with E-state index in [1.54, 1.807) is 30.3 Å². The predicted molar refractivity (Wildman–Crippen MR) is 150 cm³/mol. The summed E-state index contributed by atoms with van der Waals surface area (Å²) in [7, 11) is 4.52. The first-order valence-electron chi connectivity index (χ1n) is 12.2. The minimum atomic E-state index is -0.534. The van der Waals surface area contributed by atoms with Crippen LogP contribution in [0.2, 0.25) is 0 Å². The molecule has 0 spiro atoms. The molecule has 0 aliphatic carbocycles. The summed E-state index contributed by atoms with van der Waals surface area (Å²) in [6, 6.07) is 19.4. The van der Waals surface area contributed by atoms with Gasteiger partial charge in [0.1, 0.15) is 16.7 Å². The van der Waals surface area contributed by atoms with Crippen molar-refractivity contribution in [2.24, 2.45) is 0 Å². The lowest BCUT2D eigenvalue weighted by Gasteiger charge is -2.25. The Kier molecular flexibility index (Phi) is 7.83. The van der Waals surface area contributed by atoms with Crippen molar-refractivity contribution in [3.63, 3.8) is 0 Å². The van der Waals surface area contributed by atoms with Gasteiger partial charge in [0.15, 0.2) is 18.1 Å². The van der Waals surface area contributed by atoms with Gasteiger partial charge in [0.2, 0.25) is 5.75 Å². The third-order valence-electron chi connectivity index (χ3n) is 6.26. The predicted octanol–water partition coefficient (Wildman–Crippen LogP) is 4.17. The number of ether oxygens (including phenoxy) is 4. The number of methoxy groups -OCH3 is 3. The summed E-state index contributed by atoms with van der Waals surface area (Å²) in [5, 5.41) is 1.48. The second kappa shape index (κ2) is 11.6. The van der Waals surface area contributed by atoms with Crippen LogP contribution in [0.3, 0.4) is 0 Å². The molecular weight excluding hydrogens is 536 g/mol. The average molecular weight is 563 g/mol. The second-order valence-electron chi connectivity index (χ2n) is 8.71. The van der Waals surface area contributed by atoms with E-state index in [1.165, 1.54) is 44.2 Å². The molecule has 1 atom stereocenters. The van der Waals surface area contributed by atoms with E-state index in [-0.39, 0.29) is 18.3 Å². The second-order valence-corrected chi connectivity index (χ2v) is 9.78. The molecule has 2 amide bonds. The molecule has 1 aliphatic rings. The Bertz CT molecular complexity index is 1600. The Labute approximate surface area is 233 Å². The lowest BCUT2D eigenvalue weighted by molar-refractivity contribution is -0.140. The Morgan fingerprint density at radius 1 is 0.975 bits per heavy atom. The van der Waals surface area contributed by atoms with E-state index in [2.05, 4.69) is 5.43 Å². The normalized spacial score (nSPS) is 14.7. The maximum atomic E-state index is 12.8. The van der Waals surface area contributed by atoms with E-state index in [4.69, 9.17) is 23.4 Å². The van der Waals surface area contributed by atoms with Crippen molar-refractivity contribution in [1.82, 2.24) is 10.4 Å². The van der Waals surface area contributed by atoms with Crippen LogP contribution in [0, 0.1) is 0 Å². The Morgan fingerprint density at radius 2 is 1.70 bits per heavy atom. The molecule has 1 aliphatic heterocycles. The number of nitrogens with one attached hydrogen (secondary N) is 1. The molecule has 40 heavy (non-hydrogen) atoms. The summed E-state index contributed by atoms with van der Waals surface area (Å²) < 4.78 is 27.3. The molecule has 1 saturated heterocycles. The van der Waals surface area contributed by atoms with Crippen LogP contribution in [0.5, 0.6) is 23.0 Å². The highest BCUT2D eigenvalue weighted by Gasteiger charge is 2.35. The van der Waals surface area contributed by atoms with Crippen molar-refractivity contribution in [3.8, 4) is 34.1 Å². The van der Waals surface area contributed by atoms with Gasteiger partial charge in [-0.1, -0.05) is 30.3 Å². The Morgan fingerprint density at radius 3 is 2.38 bits per heavy atom. The topological polar surface area (TPSA) is 117 Å². The van der Waals surface area contributed by atoms with E-state index in [1.807, 2.05) is 30.3 Å². The number of nitrogens with zero attached hydrogens (tertiary/aromatic N) is 1. The molecule has 5 rings (SSSR count). The first kappa shape index (κ1) is 26.9. The number of carbonyl (C=O) groups excluding carboxylic acids is 2. The van der Waals surface area contributed by atoms with Gasteiger partial charge >= 0.3 is 5.63 Å². The number of hydrogen-bond donors (Lipinski definition) is 1. The fraction of sp³-hybridized carbons (Fsp3) is 0.207. The van der Waals surface area contributed by atoms with Gasteiger partial charge in [0.05, 0.1) is 27.1 Å². The molecule has 1 N–H and O–H groups in total. The van der Waals surface area contributed by atoms with Crippen molar-refractivity contribution in [3.05, 3.63) is 82.7 Å². The summed E-state index contributed by atoms with van der Waals surface area (Å²) >= 11 is 1.35. The molecule has 0 bridgehead atoms. The fourth-order valence-corrected chi connectivity index (χ4v) is 5.53. The van der Waals surface area contributed by atoms with Gasteiger partial charge in [0, 0.05) is 17.5 Å². The van der Waals surface area contributed by atoms with Gasteiger partial charge in [-0.2, -0.15) is 0 Å². The lowest BCUT2D eigenvalue weighted by atomic mass is 10.0. The van der Waals surface area contributed by atoms with Crippen LogP contribution < -0.4 is 30.0 Å². The van der Waals surface area contributed by atoms with Gasteiger partial charge in [0.25, 0.3) is 11.8 Å². The molecule has 0 saturated carbocycles. The third-order valence-corrected chi connectivity index (χ3v) is 7.47. The van der Waals surface area contributed by atoms with Crippen molar-refractivity contribution in [1.29, 1.82) is 0 Å². The highest BCUT2D eigenvalue weighted by molar-refractivity contribution is 8.00. The number of hydrazine groups is 1. The molecule has 1 fully saturated rings. The number of hydrogen-bond acceptors (Lipinski definition) is 9. The number of carbonyl (C=O) groups is 2. The lowest BCUT2D eigenvalue weighted by Crippen LogP contribution is -2.46. The van der Waals surface area contributed by atoms with Gasteiger partial charge in [-0.15, -0.1) is 11.8 Å². The summed E-state index contributed by atoms with van der Waals surface area (Å²) in [6.45, 7) is -0.370. The summed E-state index contributed by atoms with van der Waals surface area (Å²) in [4.78, 5) is 37.7. The smallest absolute Gasteiger partial charge is 0.336 e. The molecule has 3 aromatic carbocycles. The Balaban J connectivity index is 1.31. The summed E-state index contributed by atoms with van der Waals surface area (Å²) in [5.41, 5.74) is 4.77. The molecule has 0 radical (unpaired) electrons. The van der Waals surface area contributed by atoms with E-state index < -0.39 is 16.9 Å². The molecule has 1 aromatic heterocycles. The molecule has 2 heterocycles. The Hall–Kier alpha value is -4.64. The highest BCUT2D eigenvalue weighted by Crippen LogP contribution is 2.45. The molecule has 4 aromatic rings. The maximum Gasteiger partial charge on any atom is 0.336 e. The van der Waals surface area contributed by atoms with Crippen molar-refractivity contribution < 1.29 is 33.0 Å². The fourth-order valence-electron chi connectivity index (χ4n) is 4.44. The molecule has 10 nitrogen and oxygen atoms in total. The number of fused-ring (bicyclic) bond motifs is 1. The summed E-state index contributed by atoms with van der Waals surface area (Å²) in [5.74, 6) is 1.00. The van der Waals surface area contributed by atoms with Crippen molar-refractivity contribution in [2.45, 2.75) is 5.37 Å². The summed E-state index contributed by atoms with van der Waals surface area (Å²) in [6.07, 6.45) is 0. The highest BCUT2D eigenvalue weighted by atomic mass is 32.2. The molecule has 206 valence electrons. The first-order chi connectivity index (χ1) is 19.4. The number of benzene rings is 3. The van der Waals surface area contributed by atoms with Crippen LogP contribution in [0.1, 0.15) is 10.9 Å². The van der Waals surface area contributed by atoms with Gasteiger partial charge in [-0.25, -0.2) is 9.80 Å². The van der Waals surface area contributed by atoms with E-state index in [9.17, 15) is 14.4 Å². The largest absolute Gasteiger partial charge is 0.493 e. The number of thioether (sulfide) groups is 1. The van der Waals surface area contributed by atoms with Gasteiger partial charge < -0.3 is 23.4 Å². The van der Waals surface area contributed by atoms with Gasteiger partial charge in [-0.3, -0.25) is 15.0 Å². The minimum Gasteiger partial charge on any atom is -0.493 e. The quantitative estimate of drug-likeness (QED) is 0.300. The van der Waals surface area contributed by atoms with Crippen molar-refractivity contribution >= 4 is 34.5 Å². The molecular formula is C29H26N2O8S. The zero-order valence-electron chi connectivity index (χ0n) is 22.0. The average Bonchev–Trinajstić information content (AvgIpc) is 3.34. The van der Waals surface area contributed by atoms with Crippen LogP contribution in [0.25, 0.3) is 22.1 Å². The third kappa shape index (κ3) is 5.41. The SMILES string of the molecule is COc1cc(C2SCC(=O)N2NC(=O)COc2ccc3c(-c4ccccc4)cc(=O)oc3c2)cc(OC)c1OC. The first-order valence-corrected chi connectivity index (χ1v) is 13.3. The van der Waals surface area contributed by atoms with Crippen LogP contribution in [0.4, 0.5) is 0 Å². The van der Waals surface area contributed by atoms with Gasteiger partial charge in [-0.05, 0) is 41.0 Å². The molecule has 11 heteroatoms.